The maximum Gasteiger partial charge on any atom is 0.0368 e. The molecule has 0 radical (unpaired) electrons. The summed E-state index contributed by atoms with van der Waals surface area (Å²) >= 11 is 0. The zero-order valence-corrected chi connectivity index (χ0v) is 10.3. The molecule has 1 aromatic carbocycles. The fourth-order valence-corrected chi connectivity index (χ4v) is 2.19. The van der Waals surface area contributed by atoms with Gasteiger partial charge in [0.1, 0.15) is 0 Å². The van der Waals surface area contributed by atoms with Crippen LogP contribution < -0.4 is 10.6 Å². The zero-order valence-electron chi connectivity index (χ0n) is 10.3. The van der Waals surface area contributed by atoms with E-state index in [9.17, 15) is 0 Å². The van der Waals surface area contributed by atoms with E-state index >= 15 is 0 Å². The molecule has 2 N–H and O–H groups in total. The minimum absolute atomic E-state index is 0.185. The van der Waals surface area contributed by atoms with E-state index in [0.717, 1.165) is 19.0 Å². The predicted octanol–water partition coefficient (Wildman–Crippen LogP) is 3.09. The molecular formula is C14H22N2. The highest BCUT2D eigenvalue weighted by Crippen LogP contribution is 2.31. The van der Waals surface area contributed by atoms with Gasteiger partial charge in [-0.2, -0.15) is 0 Å². The van der Waals surface area contributed by atoms with Crippen LogP contribution in [0.5, 0.6) is 0 Å². The van der Waals surface area contributed by atoms with Crippen LogP contribution in [0.2, 0.25) is 0 Å². The van der Waals surface area contributed by atoms with Gasteiger partial charge in [0.25, 0.3) is 0 Å². The van der Waals surface area contributed by atoms with E-state index in [-0.39, 0.29) is 6.04 Å². The molecule has 1 atom stereocenters. The first-order valence-corrected chi connectivity index (χ1v) is 6.38. The first-order valence-electron chi connectivity index (χ1n) is 6.38. The van der Waals surface area contributed by atoms with Crippen LogP contribution in [0.1, 0.15) is 44.7 Å². The van der Waals surface area contributed by atoms with Crippen molar-refractivity contribution in [3.05, 3.63) is 29.8 Å². The summed E-state index contributed by atoms with van der Waals surface area (Å²) in [4.78, 5) is 2.49. The van der Waals surface area contributed by atoms with Crippen molar-refractivity contribution in [1.29, 1.82) is 0 Å². The molecule has 0 amide bonds. The van der Waals surface area contributed by atoms with Crippen LogP contribution in [0.4, 0.5) is 5.69 Å². The molecule has 0 saturated heterocycles. The largest absolute Gasteiger partial charge is 0.369 e. The molecule has 1 fully saturated rings. The molecule has 0 spiro atoms. The Hall–Kier alpha value is -1.02. The van der Waals surface area contributed by atoms with Crippen molar-refractivity contribution >= 4 is 5.69 Å². The van der Waals surface area contributed by atoms with Crippen LogP contribution in [-0.4, -0.2) is 12.6 Å². The molecule has 2 rings (SSSR count). The fourth-order valence-electron chi connectivity index (χ4n) is 2.19. The molecule has 1 aromatic rings. The van der Waals surface area contributed by atoms with E-state index in [1.807, 2.05) is 0 Å². The average molecular weight is 218 g/mol. The third-order valence-corrected chi connectivity index (χ3v) is 3.42. The number of benzene rings is 1. The molecule has 0 heterocycles. The summed E-state index contributed by atoms with van der Waals surface area (Å²) in [5.41, 5.74) is 8.60. The number of nitrogens with two attached hydrogens (primary N) is 1. The van der Waals surface area contributed by atoms with Crippen LogP contribution >= 0.6 is 0 Å². The standard InChI is InChI=1S/C14H22N2/c1-3-14(15)11-5-7-12(8-6-11)16(4-2)13-9-10-13/h5-8,13-14H,3-4,9-10,15H2,1-2H3/t14-/m0/s1. The predicted molar refractivity (Wildman–Crippen MR) is 69.7 cm³/mol. The third kappa shape index (κ3) is 2.38. The highest BCUT2D eigenvalue weighted by molar-refractivity contribution is 5.50. The number of anilines is 1. The molecule has 0 aliphatic heterocycles. The maximum atomic E-state index is 6.01. The van der Waals surface area contributed by atoms with Crippen molar-refractivity contribution in [2.45, 2.75) is 45.2 Å². The summed E-state index contributed by atoms with van der Waals surface area (Å²) in [7, 11) is 0. The fraction of sp³-hybridized carbons (Fsp3) is 0.571. The Kier molecular flexibility index (Phi) is 3.49. The Morgan fingerprint density at radius 3 is 2.31 bits per heavy atom. The van der Waals surface area contributed by atoms with E-state index in [2.05, 4.69) is 43.0 Å². The first kappa shape index (κ1) is 11.5. The van der Waals surface area contributed by atoms with Gasteiger partial charge in [0.15, 0.2) is 0 Å². The zero-order chi connectivity index (χ0) is 11.5. The second kappa shape index (κ2) is 4.88. The molecule has 2 heteroatoms. The van der Waals surface area contributed by atoms with Gasteiger partial charge in [-0.05, 0) is 43.9 Å². The van der Waals surface area contributed by atoms with Gasteiger partial charge in [-0.15, -0.1) is 0 Å². The van der Waals surface area contributed by atoms with Gasteiger partial charge in [0.2, 0.25) is 0 Å². The lowest BCUT2D eigenvalue weighted by atomic mass is 10.1. The van der Waals surface area contributed by atoms with Crippen molar-refractivity contribution < 1.29 is 0 Å². The Labute approximate surface area is 98.4 Å². The number of hydrogen-bond donors (Lipinski definition) is 1. The smallest absolute Gasteiger partial charge is 0.0368 e. The second-order valence-corrected chi connectivity index (χ2v) is 4.62. The Bertz CT molecular complexity index is 327. The van der Waals surface area contributed by atoms with Gasteiger partial charge >= 0.3 is 0 Å². The van der Waals surface area contributed by atoms with E-state index < -0.39 is 0 Å². The highest BCUT2D eigenvalue weighted by Gasteiger charge is 2.27. The average Bonchev–Trinajstić information content (AvgIpc) is 3.14. The minimum Gasteiger partial charge on any atom is -0.369 e. The van der Waals surface area contributed by atoms with Gasteiger partial charge in [0.05, 0.1) is 0 Å². The Balaban J connectivity index is 2.11. The molecule has 1 aliphatic carbocycles. The lowest BCUT2D eigenvalue weighted by Crippen LogP contribution is -2.24. The minimum atomic E-state index is 0.185. The maximum absolute atomic E-state index is 6.01. The third-order valence-electron chi connectivity index (χ3n) is 3.42. The molecular weight excluding hydrogens is 196 g/mol. The van der Waals surface area contributed by atoms with Crippen molar-refractivity contribution in [1.82, 2.24) is 0 Å². The topological polar surface area (TPSA) is 29.3 Å². The van der Waals surface area contributed by atoms with Gasteiger partial charge in [-0.1, -0.05) is 19.1 Å². The first-order chi connectivity index (χ1) is 7.76. The van der Waals surface area contributed by atoms with E-state index in [0.29, 0.717) is 0 Å². The van der Waals surface area contributed by atoms with Crippen molar-refractivity contribution in [3.63, 3.8) is 0 Å². The summed E-state index contributed by atoms with van der Waals surface area (Å²) in [5.74, 6) is 0. The molecule has 0 aromatic heterocycles. The van der Waals surface area contributed by atoms with Crippen LogP contribution in [0.15, 0.2) is 24.3 Å². The molecule has 88 valence electrons. The molecule has 16 heavy (non-hydrogen) atoms. The number of rotatable bonds is 5. The quantitative estimate of drug-likeness (QED) is 0.823. The summed E-state index contributed by atoms with van der Waals surface area (Å²) in [6.07, 6.45) is 3.70. The van der Waals surface area contributed by atoms with E-state index in [4.69, 9.17) is 5.73 Å². The van der Waals surface area contributed by atoms with Crippen LogP contribution in [0, 0.1) is 0 Å². The van der Waals surface area contributed by atoms with Gasteiger partial charge in [0, 0.05) is 24.3 Å². The van der Waals surface area contributed by atoms with Gasteiger partial charge < -0.3 is 10.6 Å². The molecule has 1 saturated carbocycles. The highest BCUT2D eigenvalue weighted by atomic mass is 15.2. The van der Waals surface area contributed by atoms with Crippen molar-refractivity contribution in [2.24, 2.45) is 5.73 Å². The SMILES string of the molecule is CC[C@H](N)c1ccc(N(CC)C2CC2)cc1. The van der Waals surface area contributed by atoms with Gasteiger partial charge in [-0.3, -0.25) is 0 Å². The lowest BCUT2D eigenvalue weighted by Gasteiger charge is -2.23. The molecule has 1 aliphatic rings. The monoisotopic (exact) mass is 218 g/mol. The second-order valence-electron chi connectivity index (χ2n) is 4.62. The van der Waals surface area contributed by atoms with Crippen LogP contribution in [-0.2, 0) is 0 Å². The normalized spacial score (nSPS) is 17.2. The van der Waals surface area contributed by atoms with Crippen LogP contribution in [0.25, 0.3) is 0 Å². The number of nitrogens with zero attached hydrogens (tertiary/aromatic N) is 1. The molecule has 0 bridgehead atoms. The summed E-state index contributed by atoms with van der Waals surface area (Å²) < 4.78 is 0. The van der Waals surface area contributed by atoms with Gasteiger partial charge in [-0.25, -0.2) is 0 Å². The van der Waals surface area contributed by atoms with Crippen molar-refractivity contribution in [2.75, 3.05) is 11.4 Å². The lowest BCUT2D eigenvalue weighted by molar-refractivity contribution is 0.698. The summed E-state index contributed by atoms with van der Waals surface area (Å²) in [6, 6.07) is 9.75. The summed E-state index contributed by atoms with van der Waals surface area (Å²) in [6.45, 7) is 5.45. The van der Waals surface area contributed by atoms with Crippen molar-refractivity contribution in [3.8, 4) is 0 Å². The van der Waals surface area contributed by atoms with Crippen LogP contribution in [0.3, 0.4) is 0 Å². The summed E-state index contributed by atoms with van der Waals surface area (Å²) in [5, 5.41) is 0. The number of hydrogen-bond acceptors (Lipinski definition) is 2. The molecule has 0 unspecified atom stereocenters. The molecule has 2 nitrogen and oxygen atoms in total. The Morgan fingerprint density at radius 1 is 1.25 bits per heavy atom. The van der Waals surface area contributed by atoms with E-state index in [1.165, 1.54) is 24.1 Å². The van der Waals surface area contributed by atoms with E-state index in [1.54, 1.807) is 0 Å². The Morgan fingerprint density at radius 2 is 1.88 bits per heavy atom.